The Hall–Kier alpha value is -0.540. The fourth-order valence-electron chi connectivity index (χ4n) is 1.12. The summed E-state index contributed by atoms with van der Waals surface area (Å²) >= 11 is 3.50. The van der Waals surface area contributed by atoms with Gasteiger partial charge in [0.25, 0.3) is 0 Å². The van der Waals surface area contributed by atoms with Crippen LogP contribution < -0.4 is 10.1 Å². The van der Waals surface area contributed by atoms with Crippen molar-refractivity contribution in [1.82, 2.24) is 5.32 Å². The summed E-state index contributed by atoms with van der Waals surface area (Å²) in [4.78, 5) is 0. The maximum absolute atomic E-state index is 5.37. The van der Waals surface area contributed by atoms with Gasteiger partial charge < -0.3 is 10.1 Å². The number of benzene rings is 1. The van der Waals surface area contributed by atoms with Crippen molar-refractivity contribution in [3.05, 3.63) is 28.2 Å². The van der Waals surface area contributed by atoms with Gasteiger partial charge in [-0.25, -0.2) is 0 Å². The Morgan fingerprint density at radius 2 is 2.23 bits per heavy atom. The molecule has 0 bridgehead atoms. The molecule has 0 radical (unpaired) electrons. The summed E-state index contributed by atoms with van der Waals surface area (Å²) < 4.78 is 6.46. The molecule has 0 saturated heterocycles. The highest BCUT2D eigenvalue weighted by molar-refractivity contribution is 9.10. The predicted octanol–water partition coefficient (Wildman–Crippen LogP) is 2.57. The second-order valence-corrected chi connectivity index (χ2v) is 3.57. The number of nitrogens with one attached hydrogen (secondary N) is 1. The van der Waals surface area contributed by atoms with Crippen molar-refractivity contribution >= 4 is 15.9 Å². The second kappa shape index (κ2) is 5.25. The maximum Gasteiger partial charge on any atom is 0.120 e. The quantitative estimate of drug-likeness (QED) is 0.878. The first kappa shape index (κ1) is 10.5. The highest BCUT2D eigenvalue weighted by Gasteiger charge is 2.00. The number of ether oxygens (including phenoxy) is 1. The van der Waals surface area contributed by atoms with Gasteiger partial charge in [0, 0.05) is 11.0 Å². The standard InChI is InChI=1S/C10H14BrNO/c1-3-13-9-5-4-8(7-12-2)10(11)6-9/h4-6,12H,3,7H2,1-2H3. The molecule has 13 heavy (non-hydrogen) atoms. The molecule has 0 spiro atoms. The lowest BCUT2D eigenvalue weighted by Gasteiger charge is -2.07. The fourth-order valence-corrected chi connectivity index (χ4v) is 1.62. The van der Waals surface area contributed by atoms with Gasteiger partial charge in [0.2, 0.25) is 0 Å². The molecule has 0 aliphatic heterocycles. The summed E-state index contributed by atoms with van der Waals surface area (Å²) in [5.74, 6) is 0.911. The van der Waals surface area contributed by atoms with Crippen molar-refractivity contribution < 1.29 is 4.74 Å². The van der Waals surface area contributed by atoms with Gasteiger partial charge in [0.15, 0.2) is 0 Å². The largest absolute Gasteiger partial charge is 0.494 e. The molecule has 2 nitrogen and oxygen atoms in total. The molecule has 1 aromatic carbocycles. The molecule has 0 heterocycles. The van der Waals surface area contributed by atoms with E-state index in [0.29, 0.717) is 6.61 Å². The van der Waals surface area contributed by atoms with Crippen molar-refractivity contribution in [2.45, 2.75) is 13.5 Å². The number of rotatable bonds is 4. The normalized spacial score (nSPS) is 10.1. The Morgan fingerprint density at radius 3 is 2.77 bits per heavy atom. The molecule has 1 rings (SSSR count). The first-order valence-corrected chi connectivity index (χ1v) is 5.13. The predicted molar refractivity (Wildman–Crippen MR) is 58.1 cm³/mol. The van der Waals surface area contributed by atoms with Gasteiger partial charge in [-0.1, -0.05) is 22.0 Å². The van der Waals surface area contributed by atoms with Gasteiger partial charge in [-0.15, -0.1) is 0 Å². The lowest BCUT2D eigenvalue weighted by Crippen LogP contribution is -2.05. The molecule has 0 aliphatic rings. The first-order chi connectivity index (χ1) is 6.27. The van der Waals surface area contributed by atoms with E-state index in [9.17, 15) is 0 Å². The number of hydrogen-bond donors (Lipinski definition) is 1. The Kier molecular flexibility index (Phi) is 4.25. The van der Waals surface area contributed by atoms with Crippen molar-refractivity contribution in [1.29, 1.82) is 0 Å². The van der Waals surface area contributed by atoms with E-state index in [-0.39, 0.29) is 0 Å². The molecule has 0 aliphatic carbocycles. The van der Waals surface area contributed by atoms with Crippen LogP contribution in [0.2, 0.25) is 0 Å². The van der Waals surface area contributed by atoms with E-state index in [0.717, 1.165) is 16.8 Å². The molecule has 3 heteroatoms. The van der Waals surface area contributed by atoms with E-state index >= 15 is 0 Å². The lowest BCUT2D eigenvalue weighted by molar-refractivity contribution is 0.340. The minimum atomic E-state index is 0.706. The molecular formula is C10H14BrNO. The van der Waals surface area contributed by atoms with Crippen LogP contribution in [-0.2, 0) is 6.54 Å². The molecule has 1 N–H and O–H groups in total. The van der Waals surface area contributed by atoms with Gasteiger partial charge in [-0.2, -0.15) is 0 Å². The molecular weight excluding hydrogens is 230 g/mol. The first-order valence-electron chi connectivity index (χ1n) is 4.33. The Balaban J connectivity index is 2.79. The van der Waals surface area contributed by atoms with E-state index in [1.807, 2.05) is 26.1 Å². The van der Waals surface area contributed by atoms with Gasteiger partial charge in [0.1, 0.15) is 5.75 Å². The van der Waals surface area contributed by atoms with Gasteiger partial charge in [0.05, 0.1) is 6.61 Å². The monoisotopic (exact) mass is 243 g/mol. The molecule has 0 atom stereocenters. The number of hydrogen-bond acceptors (Lipinski definition) is 2. The van der Waals surface area contributed by atoms with Gasteiger partial charge in [-0.3, -0.25) is 0 Å². The van der Waals surface area contributed by atoms with E-state index < -0.39 is 0 Å². The maximum atomic E-state index is 5.37. The van der Waals surface area contributed by atoms with E-state index in [2.05, 4.69) is 27.3 Å². The van der Waals surface area contributed by atoms with Crippen molar-refractivity contribution in [3.63, 3.8) is 0 Å². The molecule has 72 valence electrons. The average molecular weight is 244 g/mol. The molecule has 0 amide bonds. The van der Waals surface area contributed by atoms with E-state index in [1.165, 1.54) is 5.56 Å². The van der Waals surface area contributed by atoms with E-state index in [4.69, 9.17) is 4.74 Å². The fraction of sp³-hybridized carbons (Fsp3) is 0.400. The van der Waals surface area contributed by atoms with Crippen LogP contribution >= 0.6 is 15.9 Å². The lowest BCUT2D eigenvalue weighted by atomic mass is 10.2. The SMILES string of the molecule is CCOc1ccc(CNC)c(Br)c1. The molecule has 0 saturated carbocycles. The van der Waals surface area contributed by atoms with Crippen LogP contribution in [0.25, 0.3) is 0 Å². The van der Waals surface area contributed by atoms with Crippen LogP contribution in [0.15, 0.2) is 22.7 Å². The van der Waals surface area contributed by atoms with Crippen LogP contribution in [-0.4, -0.2) is 13.7 Å². The highest BCUT2D eigenvalue weighted by atomic mass is 79.9. The topological polar surface area (TPSA) is 21.3 Å². The third-order valence-electron chi connectivity index (χ3n) is 1.70. The molecule has 0 unspecified atom stereocenters. The summed E-state index contributed by atoms with van der Waals surface area (Å²) in [5, 5.41) is 3.11. The summed E-state index contributed by atoms with van der Waals surface area (Å²) in [6.07, 6.45) is 0. The van der Waals surface area contributed by atoms with Crippen molar-refractivity contribution in [2.75, 3.05) is 13.7 Å². The second-order valence-electron chi connectivity index (χ2n) is 2.72. The van der Waals surface area contributed by atoms with Crippen LogP contribution in [0.1, 0.15) is 12.5 Å². The van der Waals surface area contributed by atoms with Crippen LogP contribution in [0.3, 0.4) is 0 Å². The van der Waals surface area contributed by atoms with Crippen LogP contribution in [0, 0.1) is 0 Å². The summed E-state index contributed by atoms with van der Waals surface area (Å²) in [5.41, 5.74) is 1.24. The summed E-state index contributed by atoms with van der Waals surface area (Å²) in [7, 11) is 1.93. The highest BCUT2D eigenvalue weighted by Crippen LogP contribution is 2.22. The zero-order valence-corrected chi connectivity index (χ0v) is 9.52. The van der Waals surface area contributed by atoms with Gasteiger partial charge >= 0.3 is 0 Å². The Bertz CT molecular complexity index is 276. The molecule has 0 aromatic heterocycles. The van der Waals surface area contributed by atoms with Crippen molar-refractivity contribution in [3.8, 4) is 5.75 Å². The Labute approximate surface area is 87.4 Å². The summed E-state index contributed by atoms with van der Waals surface area (Å²) in [6, 6.07) is 6.04. The zero-order chi connectivity index (χ0) is 9.68. The average Bonchev–Trinajstić information content (AvgIpc) is 2.10. The minimum absolute atomic E-state index is 0.706. The van der Waals surface area contributed by atoms with Gasteiger partial charge in [-0.05, 0) is 31.7 Å². The third kappa shape index (κ3) is 3.01. The van der Waals surface area contributed by atoms with Crippen molar-refractivity contribution in [2.24, 2.45) is 0 Å². The summed E-state index contributed by atoms with van der Waals surface area (Å²) in [6.45, 7) is 3.56. The molecule has 1 aromatic rings. The Morgan fingerprint density at radius 1 is 1.46 bits per heavy atom. The molecule has 0 fully saturated rings. The smallest absolute Gasteiger partial charge is 0.120 e. The number of halogens is 1. The zero-order valence-electron chi connectivity index (χ0n) is 7.93. The van der Waals surface area contributed by atoms with Crippen LogP contribution in [0.5, 0.6) is 5.75 Å². The van der Waals surface area contributed by atoms with E-state index in [1.54, 1.807) is 0 Å². The van der Waals surface area contributed by atoms with Crippen LogP contribution in [0.4, 0.5) is 0 Å². The third-order valence-corrected chi connectivity index (χ3v) is 2.44. The minimum Gasteiger partial charge on any atom is -0.494 e.